The Morgan fingerprint density at radius 2 is 1.75 bits per heavy atom. The first-order valence-corrected chi connectivity index (χ1v) is 20.2. The van der Waals surface area contributed by atoms with Crippen LogP contribution in [0.3, 0.4) is 0 Å². The minimum atomic E-state index is -3.11. The molecule has 3 aromatic carbocycles. The smallest absolute Gasteiger partial charge is 0.355 e. The van der Waals surface area contributed by atoms with Crippen LogP contribution in [-0.4, -0.2) is 105 Å². The van der Waals surface area contributed by atoms with Crippen molar-refractivity contribution in [2.75, 3.05) is 11.5 Å². The summed E-state index contributed by atoms with van der Waals surface area (Å²) < 4.78 is 11.0. The molecular weight excluding hydrogens is 775 g/mol. The van der Waals surface area contributed by atoms with E-state index in [4.69, 9.17) is 9.47 Å². The van der Waals surface area contributed by atoms with Crippen LogP contribution in [0.1, 0.15) is 78.6 Å². The van der Waals surface area contributed by atoms with E-state index in [0.29, 0.717) is 29.5 Å². The number of carbonyl (C=O) groups excluding carboxylic acids is 1. The third-order valence-electron chi connectivity index (χ3n) is 13.0. The number of aromatic amines is 1. The zero-order valence-corrected chi connectivity index (χ0v) is 32.9. The average Bonchev–Trinajstić information content (AvgIpc) is 3.95. The number of anilines is 1. The van der Waals surface area contributed by atoms with Gasteiger partial charge in [-0.2, -0.15) is 0 Å². The summed E-state index contributed by atoms with van der Waals surface area (Å²) in [5.41, 5.74) is 1.64. The molecule has 2 fully saturated rings. The number of aliphatic carboxylic acids is 1. The van der Waals surface area contributed by atoms with Gasteiger partial charge in [0.25, 0.3) is 5.91 Å². The summed E-state index contributed by atoms with van der Waals surface area (Å²) in [4.78, 5) is 37.3. The number of carboxylic acid groups (broad SMARTS) is 1. The van der Waals surface area contributed by atoms with Crippen LogP contribution >= 0.6 is 0 Å². The van der Waals surface area contributed by atoms with Crippen LogP contribution in [0.25, 0.3) is 6.08 Å². The molecule has 15 nitrogen and oxygen atoms in total. The fourth-order valence-electron chi connectivity index (χ4n) is 10.0. The lowest BCUT2D eigenvalue weighted by molar-refractivity contribution is -0.422. The summed E-state index contributed by atoms with van der Waals surface area (Å²) in [6.07, 6.45) is 5.34. The fourth-order valence-corrected chi connectivity index (χ4v) is 10.0. The second-order valence-corrected chi connectivity index (χ2v) is 16.2. The number of carboxylic acids is 1. The van der Waals surface area contributed by atoms with Crippen LogP contribution in [0.2, 0.25) is 0 Å². The topological polar surface area (TPSA) is 246 Å². The number of phenols is 2. The van der Waals surface area contributed by atoms with E-state index in [1.54, 1.807) is 24.5 Å². The number of imidazole rings is 1. The Hall–Kier alpha value is -5.55. The van der Waals surface area contributed by atoms with Gasteiger partial charge in [0.2, 0.25) is 0 Å². The number of amides is 1. The van der Waals surface area contributed by atoms with Crippen molar-refractivity contribution in [2.45, 2.75) is 99.1 Å². The van der Waals surface area contributed by atoms with Crippen LogP contribution in [0.15, 0.2) is 85.2 Å². The molecule has 3 heterocycles. The number of aliphatic hydroxyl groups is 5. The van der Waals surface area contributed by atoms with Gasteiger partial charge in [-0.3, -0.25) is 9.69 Å². The number of H-pyrrole nitrogens is 1. The number of phenolic OH excluding ortho intramolecular Hbond substituents is 2. The molecule has 4 aromatic rings. The molecular formula is C45H49N3O12. The first kappa shape index (κ1) is 41.2. The average molecular weight is 824 g/mol. The number of nitrogens with one attached hydrogen (secondary N) is 1. The van der Waals surface area contributed by atoms with E-state index in [2.05, 4.69) is 9.97 Å². The Bertz CT molecular complexity index is 2320. The lowest BCUT2D eigenvalue weighted by Crippen LogP contribution is -2.67. The maximum absolute atomic E-state index is 14.8. The molecule has 0 bridgehead atoms. The number of hydrogen-bond donors (Lipinski definition) is 9. The van der Waals surface area contributed by atoms with Crippen molar-refractivity contribution in [3.63, 3.8) is 0 Å². The molecule has 8 atom stereocenters. The van der Waals surface area contributed by atoms with Gasteiger partial charge in [0.1, 0.15) is 24.1 Å². The summed E-state index contributed by atoms with van der Waals surface area (Å²) in [5, 5.41) is 86.4. The number of rotatable bonds is 11. The maximum Gasteiger partial charge on any atom is 0.355 e. The number of aliphatic hydroxyl groups excluding tert-OH is 4. The van der Waals surface area contributed by atoms with E-state index in [0.717, 1.165) is 54.0 Å². The lowest BCUT2D eigenvalue weighted by Gasteiger charge is -2.46. The molecule has 0 spiro atoms. The predicted molar refractivity (Wildman–Crippen MR) is 216 cm³/mol. The predicted octanol–water partition coefficient (Wildman–Crippen LogP) is 3.53. The zero-order valence-electron chi connectivity index (χ0n) is 32.9. The maximum atomic E-state index is 14.8. The highest BCUT2D eigenvalue weighted by Gasteiger charge is 2.66. The second-order valence-electron chi connectivity index (χ2n) is 16.2. The monoisotopic (exact) mass is 823 g/mol. The first-order valence-electron chi connectivity index (χ1n) is 20.2. The number of allylic oxidation sites excluding steroid dienone is 1. The molecule has 0 unspecified atom stereocenters. The molecule has 9 N–H and O–H groups in total. The molecule has 4 aliphatic rings. The normalized spacial score (nSPS) is 29.4. The van der Waals surface area contributed by atoms with Crippen molar-refractivity contribution in [1.29, 1.82) is 0 Å². The highest BCUT2D eigenvalue weighted by Crippen LogP contribution is 2.64. The number of aromatic nitrogens is 2. The van der Waals surface area contributed by atoms with Crippen molar-refractivity contribution >= 4 is 23.6 Å². The van der Waals surface area contributed by atoms with E-state index in [9.17, 15) is 50.4 Å². The molecule has 1 saturated heterocycles. The third-order valence-corrected chi connectivity index (χ3v) is 13.0. The minimum Gasteiger partial charge on any atom is -0.508 e. The van der Waals surface area contributed by atoms with E-state index in [1.807, 2.05) is 43.3 Å². The molecule has 1 amide bonds. The second kappa shape index (κ2) is 15.8. The molecule has 60 heavy (non-hydrogen) atoms. The van der Waals surface area contributed by atoms with Crippen molar-refractivity contribution < 1.29 is 59.9 Å². The summed E-state index contributed by atoms with van der Waals surface area (Å²) in [6, 6.07) is 17.2. The number of fused-ring (bicyclic) bond motifs is 3. The van der Waals surface area contributed by atoms with E-state index in [-0.39, 0.29) is 11.4 Å². The summed E-state index contributed by atoms with van der Waals surface area (Å²) in [6.45, 7) is 1.09. The molecule has 1 aromatic heterocycles. The van der Waals surface area contributed by atoms with Crippen molar-refractivity contribution in [3.8, 4) is 17.2 Å². The van der Waals surface area contributed by atoms with E-state index < -0.39 is 83.2 Å². The van der Waals surface area contributed by atoms with Crippen LogP contribution in [-0.2, 0) is 32.6 Å². The Balaban J connectivity index is 1.24. The molecule has 8 rings (SSSR count). The van der Waals surface area contributed by atoms with Crippen molar-refractivity contribution in [3.05, 3.63) is 119 Å². The summed E-state index contributed by atoms with van der Waals surface area (Å²) in [5.74, 6) is -7.68. The highest BCUT2D eigenvalue weighted by molar-refractivity contribution is 6.13. The van der Waals surface area contributed by atoms with Crippen molar-refractivity contribution in [1.82, 2.24) is 9.97 Å². The number of benzene rings is 3. The van der Waals surface area contributed by atoms with Gasteiger partial charge in [-0.1, -0.05) is 74.7 Å². The van der Waals surface area contributed by atoms with Crippen LogP contribution in [0.5, 0.6) is 17.2 Å². The first-order chi connectivity index (χ1) is 28.8. The van der Waals surface area contributed by atoms with Crippen LogP contribution in [0.4, 0.5) is 5.69 Å². The van der Waals surface area contributed by atoms with Gasteiger partial charge >= 0.3 is 11.9 Å². The van der Waals surface area contributed by atoms with Crippen LogP contribution in [0, 0.1) is 5.92 Å². The SMILES string of the molecule is CCc1nc[nH]c1Cc1cc(/C=C/C(=O)N2c3cc(O[C@]4(O)O[C@H](CO)[C@@H](O)[C@H](O)[C@H]4O)c(O)cc3[C@H]3[C@H](C4(c5ccccc5)CCCCC4)C=C[C@]32C(=O)O)ccc1O. The van der Waals surface area contributed by atoms with Gasteiger partial charge in [-0.15, -0.1) is 0 Å². The summed E-state index contributed by atoms with van der Waals surface area (Å²) in [7, 11) is 0. The number of carbonyl (C=O) groups is 2. The Labute approximate surface area is 345 Å². The molecule has 316 valence electrons. The number of nitrogens with zero attached hydrogens (tertiary/aromatic N) is 2. The number of aromatic hydroxyl groups is 2. The lowest BCUT2D eigenvalue weighted by atomic mass is 9.57. The van der Waals surface area contributed by atoms with Gasteiger partial charge in [-0.25, -0.2) is 9.78 Å². The minimum absolute atomic E-state index is 0.0316. The largest absolute Gasteiger partial charge is 0.508 e. The highest BCUT2D eigenvalue weighted by atomic mass is 16.8. The van der Waals surface area contributed by atoms with Gasteiger partial charge in [0, 0.05) is 41.2 Å². The standard InChI is InChI=1S/C45H49N3O12/c1-2-30-31(47-24-46-30)20-26-19-25(11-13-33(26)50)12-14-37(52)48-32-22-35(59-45(58)41(55)40(54)39(53)36(23-49)60-45)34(51)21-28(32)38-29(15-18-44(38,48)42(56)57)43(16-7-4-8-17-43)27-9-5-3-6-10-27/h3,5-6,9-15,18-19,21-22,24,29,36,38-41,49-51,53-55,58H,2,4,7-8,16-17,20,23H2,1H3,(H,46,47)(H,56,57)/b14-12+/t29-,36-,38+,39-,40+,41-,44-,45+/m1/s1. The van der Waals surface area contributed by atoms with E-state index in [1.165, 1.54) is 30.4 Å². The van der Waals surface area contributed by atoms with Gasteiger partial charge in [0.15, 0.2) is 23.1 Å². The molecule has 0 radical (unpaired) electrons. The fraction of sp³-hybridized carbons (Fsp3) is 0.400. The molecule has 2 aliphatic heterocycles. The van der Waals surface area contributed by atoms with Gasteiger partial charge < -0.3 is 55.3 Å². The quantitative estimate of drug-likeness (QED) is 0.0598. The Morgan fingerprint density at radius 1 is 1.00 bits per heavy atom. The third kappa shape index (κ3) is 6.65. The molecule has 2 aliphatic carbocycles. The zero-order chi connectivity index (χ0) is 42.6. The van der Waals surface area contributed by atoms with Crippen LogP contribution < -0.4 is 9.64 Å². The number of ether oxygens (including phenoxy) is 2. The number of aryl methyl sites for hydroxylation is 1. The Kier molecular flexibility index (Phi) is 10.9. The van der Waals surface area contributed by atoms with Gasteiger partial charge in [-0.05, 0) is 66.1 Å². The Morgan fingerprint density at radius 3 is 2.45 bits per heavy atom. The van der Waals surface area contributed by atoms with Gasteiger partial charge in [0.05, 0.1) is 24.3 Å². The van der Waals surface area contributed by atoms with Crippen molar-refractivity contribution in [2.24, 2.45) is 5.92 Å². The summed E-state index contributed by atoms with van der Waals surface area (Å²) >= 11 is 0. The molecule has 1 saturated carbocycles. The number of hydrogen-bond acceptors (Lipinski definition) is 12. The molecule has 15 heteroatoms. The van der Waals surface area contributed by atoms with E-state index >= 15 is 0 Å².